The van der Waals surface area contributed by atoms with Crippen molar-refractivity contribution in [1.29, 1.82) is 0 Å². The fraction of sp³-hybridized carbons (Fsp3) is 0. The average molecular weight is 735 g/mol. The summed E-state index contributed by atoms with van der Waals surface area (Å²) in [6.07, 6.45) is 0. The molecular formula is C56H34N2. The molecule has 0 fully saturated rings. The molecule has 0 spiro atoms. The summed E-state index contributed by atoms with van der Waals surface area (Å²) in [7, 11) is 0. The van der Waals surface area contributed by atoms with Crippen LogP contribution in [-0.4, -0.2) is 9.97 Å². The minimum absolute atomic E-state index is 0.706. The van der Waals surface area contributed by atoms with Crippen molar-refractivity contribution in [2.24, 2.45) is 0 Å². The molecule has 0 amide bonds. The first-order valence-electron chi connectivity index (χ1n) is 19.9. The van der Waals surface area contributed by atoms with Crippen molar-refractivity contribution in [2.45, 2.75) is 0 Å². The molecule has 0 unspecified atom stereocenters. The van der Waals surface area contributed by atoms with E-state index in [0.29, 0.717) is 5.82 Å². The molecule has 0 aliphatic carbocycles. The van der Waals surface area contributed by atoms with Crippen LogP contribution in [0.15, 0.2) is 206 Å². The first-order chi connectivity index (χ1) is 28.7. The predicted molar refractivity (Wildman–Crippen MR) is 245 cm³/mol. The maximum Gasteiger partial charge on any atom is 0.160 e. The topological polar surface area (TPSA) is 25.8 Å². The zero-order valence-electron chi connectivity index (χ0n) is 31.5. The van der Waals surface area contributed by atoms with Crippen molar-refractivity contribution in [3.8, 4) is 56.2 Å². The maximum absolute atomic E-state index is 5.17. The van der Waals surface area contributed by atoms with Gasteiger partial charge in [0.05, 0.1) is 11.4 Å². The number of nitrogens with zero attached hydrogens (tertiary/aromatic N) is 2. The third kappa shape index (κ3) is 5.12. The van der Waals surface area contributed by atoms with Crippen LogP contribution >= 0.6 is 0 Å². The van der Waals surface area contributed by atoms with Crippen molar-refractivity contribution < 1.29 is 0 Å². The summed E-state index contributed by atoms with van der Waals surface area (Å²) in [5, 5.41) is 15.4. The van der Waals surface area contributed by atoms with Crippen molar-refractivity contribution in [3.63, 3.8) is 0 Å². The summed E-state index contributed by atoms with van der Waals surface area (Å²) in [6.45, 7) is 0. The van der Waals surface area contributed by atoms with Crippen LogP contribution in [0.3, 0.4) is 0 Å². The summed E-state index contributed by atoms with van der Waals surface area (Å²) in [4.78, 5) is 10.3. The molecule has 58 heavy (non-hydrogen) atoms. The quantitative estimate of drug-likeness (QED) is 0.165. The molecule has 12 aromatic rings. The average Bonchev–Trinajstić information content (AvgIpc) is 3.30. The van der Waals surface area contributed by atoms with Crippen molar-refractivity contribution in [2.75, 3.05) is 0 Å². The van der Waals surface area contributed by atoms with Gasteiger partial charge >= 0.3 is 0 Å². The Kier molecular flexibility index (Phi) is 7.26. The molecule has 0 saturated heterocycles. The smallest absolute Gasteiger partial charge is 0.160 e. The number of hydrogen-bond acceptors (Lipinski definition) is 2. The van der Waals surface area contributed by atoms with Gasteiger partial charge in [-0.1, -0.05) is 188 Å². The molecule has 268 valence electrons. The number of aromatic nitrogens is 2. The molecule has 0 saturated carbocycles. The molecule has 0 aliphatic heterocycles. The molecule has 11 aromatic carbocycles. The molecular weight excluding hydrogens is 701 g/mol. The standard InChI is InChI=1S/C56H34N2/c1-3-12-36(13-4-1)44-19-7-8-20-45(44)51-34-50(57-56(58-51)41-14-5-2-6-15-41)37-26-24-35(25-27-37)43-32-42-31-30-40-17-10-22-47-46-21-9-16-38-28-29-39-18-11-23-48(54(39)52(38)46)49(33-43)55(42)53(40)47/h1-34H. The van der Waals surface area contributed by atoms with Crippen LogP contribution < -0.4 is 0 Å². The van der Waals surface area contributed by atoms with Crippen LogP contribution in [0, 0.1) is 0 Å². The van der Waals surface area contributed by atoms with Crippen LogP contribution in [0.1, 0.15) is 0 Å². The number of rotatable bonds is 5. The summed E-state index contributed by atoms with van der Waals surface area (Å²) in [6, 6.07) is 74.6. The molecule has 0 N–H and O–H groups in total. The fourth-order valence-electron chi connectivity index (χ4n) is 9.31. The van der Waals surface area contributed by atoms with Crippen molar-refractivity contribution in [3.05, 3.63) is 206 Å². The van der Waals surface area contributed by atoms with Gasteiger partial charge in [0.15, 0.2) is 5.82 Å². The highest BCUT2D eigenvalue weighted by Gasteiger charge is 2.18. The minimum Gasteiger partial charge on any atom is -0.228 e. The highest BCUT2D eigenvalue weighted by Crippen LogP contribution is 2.44. The van der Waals surface area contributed by atoms with E-state index < -0.39 is 0 Å². The Morgan fingerprint density at radius 1 is 0.241 bits per heavy atom. The van der Waals surface area contributed by atoms with E-state index in [1.165, 1.54) is 70.2 Å². The van der Waals surface area contributed by atoms with Gasteiger partial charge in [0.25, 0.3) is 0 Å². The second kappa shape index (κ2) is 12.9. The van der Waals surface area contributed by atoms with Gasteiger partial charge in [0.1, 0.15) is 0 Å². The summed E-state index contributed by atoms with van der Waals surface area (Å²) in [5.74, 6) is 0.706. The van der Waals surface area contributed by atoms with Gasteiger partial charge in [-0.15, -0.1) is 0 Å². The highest BCUT2D eigenvalue weighted by molar-refractivity contribution is 6.37. The molecule has 0 radical (unpaired) electrons. The van der Waals surface area contributed by atoms with Gasteiger partial charge in [-0.3, -0.25) is 0 Å². The lowest BCUT2D eigenvalue weighted by atomic mass is 9.86. The van der Waals surface area contributed by atoms with E-state index in [9.17, 15) is 0 Å². The van der Waals surface area contributed by atoms with Gasteiger partial charge in [-0.05, 0) is 105 Å². The SMILES string of the molecule is c1ccc(-c2nc(-c3ccc(-c4cc5ccc6cccc7c8cccc9ccc%10cccc(c(c4)c5c67)c%10c98)cc3)cc(-c3ccccc3-c3ccccc3)n2)cc1. The third-order valence-electron chi connectivity index (χ3n) is 12.0. The summed E-state index contributed by atoms with van der Waals surface area (Å²) in [5.41, 5.74) is 9.54. The number of benzene rings is 10. The van der Waals surface area contributed by atoms with Gasteiger partial charge < -0.3 is 0 Å². The monoisotopic (exact) mass is 734 g/mol. The van der Waals surface area contributed by atoms with Gasteiger partial charge in [0.2, 0.25) is 0 Å². The Hall–Kier alpha value is -7.68. The molecule has 12 rings (SSSR count). The van der Waals surface area contributed by atoms with E-state index in [0.717, 1.165) is 44.8 Å². The molecule has 2 nitrogen and oxygen atoms in total. The Morgan fingerprint density at radius 2 is 0.724 bits per heavy atom. The lowest BCUT2D eigenvalue weighted by molar-refractivity contribution is 1.18. The zero-order chi connectivity index (χ0) is 38.2. The molecule has 0 atom stereocenters. The normalized spacial score (nSPS) is 11.8. The Bertz CT molecular complexity index is 3530. The van der Waals surface area contributed by atoms with E-state index in [1.807, 2.05) is 18.2 Å². The molecule has 0 aliphatic rings. The van der Waals surface area contributed by atoms with Gasteiger partial charge in [0, 0.05) is 16.7 Å². The van der Waals surface area contributed by atoms with Gasteiger partial charge in [-0.25, -0.2) is 9.97 Å². The minimum atomic E-state index is 0.706. The first-order valence-corrected chi connectivity index (χ1v) is 19.9. The van der Waals surface area contributed by atoms with Gasteiger partial charge in [-0.2, -0.15) is 0 Å². The largest absolute Gasteiger partial charge is 0.228 e. The Labute approximate surface area is 335 Å². The van der Waals surface area contributed by atoms with E-state index in [4.69, 9.17) is 9.97 Å². The third-order valence-corrected chi connectivity index (χ3v) is 12.0. The number of fused-ring (bicyclic) bond motifs is 2. The second-order valence-electron chi connectivity index (χ2n) is 15.3. The molecule has 1 heterocycles. The molecule has 0 bridgehead atoms. The maximum atomic E-state index is 5.17. The van der Waals surface area contributed by atoms with Crippen LogP contribution in [0.5, 0.6) is 0 Å². The predicted octanol–water partition coefficient (Wildman–Crippen LogP) is 15.2. The van der Waals surface area contributed by atoms with Crippen LogP contribution in [-0.2, 0) is 0 Å². The Morgan fingerprint density at radius 3 is 1.34 bits per heavy atom. The Balaban J connectivity index is 1.06. The van der Waals surface area contributed by atoms with E-state index in [1.54, 1.807) is 0 Å². The van der Waals surface area contributed by atoms with Crippen LogP contribution in [0.4, 0.5) is 0 Å². The van der Waals surface area contributed by atoms with Crippen LogP contribution in [0.2, 0.25) is 0 Å². The number of hydrogen-bond donors (Lipinski definition) is 0. The highest BCUT2D eigenvalue weighted by atomic mass is 14.9. The second-order valence-corrected chi connectivity index (χ2v) is 15.3. The van der Waals surface area contributed by atoms with Crippen molar-refractivity contribution in [1.82, 2.24) is 9.97 Å². The van der Waals surface area contributed by atoms with Crippen LogP contribution in [0.25, 0.3) is 121 Å². The summed E-state index contributed by atoms with van der Waals surface area (Å²) >= 11 is 0. The fourth-order valence-corrected chi connectivity index (χ4v) is 9.31. The summed E-state index contributed by atoms with van der Waals surface area (Å²) < 4.78 is 0. The van der Waals surface area contributed by atoms with E-state index in [-0.39, 0.29) is 0 Å². The lowest BCUT2D eigenvalue weighted by Crippen LogP contribution is -1.97. The molecule has 1 aromatic heterocycles. The van der Waals surface area contributed by atoms with E-state index >= 15 is 0 Å². The lowest BCUT2D eigenvalue weighted by Gasteiger charge is -2.17. The first kappa shape index (κ1) is 32.6. The molecule has 2 heteroatoms. The zero-order valence-corrected chi connectivity index (χ0v) is 31.5. The van der Waals surface area contributed by atoms with E-state index in [2.05, 4.69) is 188 Å². The van der Waals surface area contributed by atoms with Crippen molar-refractivity contribution >= 4 is 64.6 Å².